The summed E-state index contributed by atoms with van der Waals surface area (Å²) in [6, 6.07) is 8.86. The maximum atomic E-state index is 12.3. The van der Waals surface area contributed by atoms with Gasteiger partial charge in [-0.25, -0.2) is 0 Å². The van der Waals surface area contributed by atoms with Gasteiger partial charge in [0.05, 0.1) is 5.57 Å². The van der Waals surface area contributed by atoms with Crippen LogP contribution in [0.1, 0.15) is 15.9 Å². The van der Waals surface area contributed by atoms with Gasteiger partial charge in [-0.2, -0.15) is 4.98 Å². The number of carbonyl (C=O) groups is 2. The Morgan fingerprint density at radius 2 is 1.86 bits per heavy atom. The molecule has 2 amide bonds. The van der Waals surface area contributed by atoms with E-state index >= 15 is 0 Å². The van der Waals surface area contributed by atoms with Crippen LogP contribution in [0.5, 0.6) is 5.88 Å². The molecule has 2 aliphatic heterocycles. The molecule has 2 aromatic rings. The Morgan fingerprint density at radius 1 is 1.10 bits per heavy atom. The molecule has 0 spiro atoms. The van der Waals surface area contributed by atoms with Crippen molar-refractivity contribution in [2.45, 2.75) is 0 Å². The molecule has 3 heterocycles. The first-order valence-corrected chi connectivity index (χ1v) is 10.3. The fourth-order valence-corrected chi connectivity index (χ4v) is 3.84. The highest BCUT2D eigenvalue weighted by Crippen LogP contribution is 2.29. The Morgan fingerprint density at radius 3 is 2.59 bits per heavy atom. The number of halogens is 1. The summed E-state index contributed by atoms with van der Waals surface area (Å²) < 4.78 is 0.913. The molecule has 29 heavy (non-hydrogen) atoms. The van der Waals surface area contributed by atoms with Crippen LogP contribution in [0.15, 0.2) is 36.5 Å². The number of amides is 2. The van der Waals surface area contributed by atoms with Crippen LogP contribution in [0.25, 0.3) is 5.57 Å². The molecule has 8 nitrogen and oxygen atoms in total. The number of aromatic nitrogens is 1. The second-order valence-corrected chi connectivity index (χ2v) is 8.25. The van der Waals surface area contributed by atoms with Crippen molar-refractivity contribution in [1.82, 2.24) is 15.2 Å². The maximum absolute atomic E-state index is 12.3. The molecule has 1 aromatic carbocycles. The van der Waals surface area contributed by atoms with Crippen LogP contribution in [0.3, 0.4) is 0 Å². The lowest BCUT2D eigenvalue weighted by Gasteiger charge is -2.33. The molecule has 0 atom stereocenters. The van der Waals surface area contributed by atoms with Crippen molar-refractivity contribution in [3.63, 3.8) is 0 Å². The summed E-state index contributed by atoms with van der Waals surface area (Å²) in [6.07, 6.45) is 1.49. The van der Waals surface area contributed by atoms with Gasteiger partial charge in [-0.05, 0) is 60.0 Å². The van der Waals surface area contributed by atoms with E-state index in [1.165, 1.54) is 6.20 Å². The predicted molar refractivity (Wildman–Crippen MR) is 119 cm³/mol. The number of benzene rings is 1. The third-order valence-electron chi connectivity index (χ3n) is 5.05. The normalized spacial score (nSPS) is 18.6. The van der Waals surface area contributed by atoms with E-state index < -0.39 is 11.8 Å². The van der Waals surface area contributed by atoms with E-state index in [0.717, 1.165) is 35.6 Å². The number of imide groups is 1. The molecule has 1 aromatic heterocycles. The molecular formula is C20H20IN5O3. The maximum Gasteiger partial charge on any atom is 0.260 e. The standard InChI is InChI=1S/C20H20IN5O3/c1-25-6-8-26(9-7-25)17-5-4-16(20(29)23-17)22-11-15-14-10-12(21)2-3-13(14)18(27)24-19(15)28/h2-5,10-11,22H,6-9H2,1H3,(H,23,29)(H,24,27,28)/b15-11-. The van der Waals surface area contributed by atoms with E-state index in [9.17, 15) is 14.7 Å². The summed E-state index contributed by atoms with van der Waals surface area (Å²) >= 11 is 2.13. The summed E-state index contributed by atoms with van der Waals surface area (Å²) in [5, 5.41) is 15.6. The first-order valence-electron chi connectivity index (χ1n) is 9.18. The number of hydrogen-bond donors (Lipinski definition) is 3. The monoisotopic (exact) mass is 505 g/mol. The fraction of sp³-hybridized carbons (Fsp3) is 0.250. The molecule has 0 unspecified atom stereocenters. The van der Waals surface area contributed by atoms with Crippen molar-refractivity contribution in [3.8, 4) is 5.88 Å². The lowest BCUT2D eigenvalue weighted by molar-refractivity contribution is -0.114. The molecule has 0 saturated carbocycles. The van der Waals surface area contributed by atoms with E-state index in [2.05, 4.69) is 55.1 Å². The molecule has 0 aliphatic carbocycles. The van der Waals surface area contributed by atoms with E-state index in [-0.39, 0.29) is 5.88 Å². The number of nitrogens with one attached hydrogen (secondary N) is 2. The van der Waals surface area contributed by atoms with Crippen LogP contribution >= 0.6 is 22.6 Å². The molecule has 1 fully saturated rings. The zero-order valence-electron chi connectivity index (χ0n) is 15.8. The van der Waals surface area contributed by atoms with E-state index in [4.69, 9.17) is 0 Å². The lowest BCUT2D eigenvalue weighted by atomic mass is 9.96. The Bertz CT molecular complexity index is 1020. The quantitative estimate of drug-likeness (QED) is 0.333. The zero-order valence-corrected chi connectivity index (χ0v) is 17.9. The topological polar surface area (TPSA) is 97.8 Å². The van der Waals surface area contributed by atoms with Crippen molar-refractivity contribution in [2.24, 2.45) is 0 Å². The van der Waals surface area contributed by atoms with Crippen molar-refractivity contribution in [3.05, 3.63) is 51.2 Å². The first-order chi connectivity index (χ1) is 13.9. The van der Waals surface area contributed by atoms with E-state index in [1.54, 1.807) is 18.2 Å². The number of hydrogen-bond acceptors (Lipinski definition) is 7. The van der Waals surface area contributed by atoms with Gasteiger partial charge in [0.2, 0.25) is 5.88 Å². The molecule has 0 bridgehead atoms. The van der Waals surface area contributed by atoms with Gasteiger partial charge in [0.1, 0.15) is 11.5 Å². The summed E-state index contributed by atoms with van der Waals surface area (Å²) in [6.45, 7) is 3.59. The Labute approximate surface area is 181 Å². The highest BCUT2D eigenvalue weighted by molar-refractivity contribution is 14.1. The van der Waals surface area contributed by atoms with Gasteiger partial charge in [0, 0.05) is 47.1 Å². The average Bonchev–Trinajstić information content (AvgIpc) is 2.69. The minimum absolute atomic E-state index is 0.145. The highest BCUT2D eigenvalue weighted by Gasteiger charge is 2.27. The Kier molecular flexibility index (Phi) is 5.41. The first kappa shape index (κ1) is 19.6. The minimum atomic E-state index is -0.487. The number of anilines is 2. The highest BCUT2D eigenvalue weighted by atomic mass is 127. The van der Waals surface area contributed by atoms with Crippen LogP contribution in [-0.4, -0.2) is 60.0 Å². The second-order valence-electron chi connectivity index (χ2n) is 7.01. The molecule has 4 rings (SSSR count). The summed E-state index contributed by atoms with van der Waals surface area (Å²) in [5.41, 5.74) is 1.69. The molecular weight excluding hydrogens is 485 g/mol. The number of pyridine rings is 1. The number of nitrogens with zero attached hydrogens (tertiary/aromatic N) is 3. The molecule has 3 N–H and O–H groups in total. The Balaban J connectivity index is 1.58. The molecule has 1 saturated heterocycles. The number of carbonyl (C=O) groups excluding carboxylic acids is 2. The van der Waals surface area contributed by atoms with Crippen LogP contribution in [0.2, 0.25) is 0 Å². The van der Waals surface area contributed by atoms with Gasteiger partial charge in [-0.1, -0.05) is 0 Å². The van der Waals surface area contributed by atoms with Crippen LogP contribution < -0.4 is 15.5 Å². The molecule has 2 aliphatic rings. The fourth-order valence-electron chi connectivity index (χ4n) is 3.35. The number of aromatic hydroxyl groups is 1. The SMILES string of the molecule is CN1CCN(c2ccc(N/C=C3\C(=O)NC(=O)c4ccc(I)cc43)c(O)n2)CC1. The van der Waals surface area contributed by atoms with Gasteiger partial charge < -0.3 is 20.2 Å². The van der Waals surface area contributed by atoms with Crippen LogP contribution in [0, 0.1) is 3.57 Å². The zero-order chi connectivity index (χ0) is 20.5. The number of rotatable bonds is 3. The Hall–Kier alpha value is -2.66. The van der Waals surface area contributed by atoms with Crippen molar-refractivity contribution in [1.29, 1.82) is 0 Å². The summed E-state index contributed by atoms with van der Waals surface area (Å²) in [4.78, 5) is 33.1. The van der Waals surface area contributed by atoms with Gasteiger partial charge in [0.25, 0.3) is 11.8 Å². The molecule has 0 radical (unpaired) electrons. The van der Waals surface area contributed by atoms with E-state index in [1.807, 2.05) is 12.1 Å². The van der Waals surface area contributed by atoms with Crippen molar-refractivity contribution < 1.29 is 14.7 Å². The lowest BCUT2D eigenvalue weighted by Crippen LogP contribution is -2.44. The smallest absolute Gasteiger partial charge is 0.260 e. The van der Waals surface area contributed by atoms with Gasteiger partial charge in [0.15, 0.2) is 0 Å². The van der Waals surface area contributed by atoms with Crippen LogP contribution in [0.4, 0.5) is 11.5 Å². The van der Waals surface area contributed by atoms with E-state index in [0.29, 0.717) is 22.4 Å². The number of fused-ring (bicyclic) bond motifs is 1. The molecule has 150 valence electrons. The number of likely N-dealkylation sites (N-methyl/N-ethyl adjacent to an activating group) is 1. The second kappa shape index (κ2) is 7.99. The summed E-state index contributed by atoms with van der Waals surface area (Å²) in [7, 11) is 2.08. The van der Waals surface area contributed by atoms with Crippen LogP contribution in [-0.2, 0) is 4.79 Å². The third-order valence-corrected chi connectivity index (χ3v) is 5.72. The van der Waals surface area contributed by atoms with Gasteiger partial charge in [-0.15, -0.1) is 0 Å². The largest absolute Gasteiger partial charge is 0.492 e. The third kappa shape index (κ3) is 4.06. The average molecular weight is 505 g/mol. The predicted octanol–water partition coefficient (Wildman–Crippen LogP) is 1.87. The molecule has 9 heteroatoms. The van der Waals surface area contributed by atoms with Gasteiger partial charge >= 0.3 is 0 Å². The van der Waals surface area contributed by atoms with Gasteiger partial charge in [-0.3, -0.25) is 14.9 Å². The number of piperazine rings is 1. The van der Waals surface area contributed by atoms with Crippen molar-refractivity contribution >= 4 is 51.5 Å². The summed E-state index contributed by atoms with van der Waals surface area (Å²) in [5.74, 6) is -0.332. The van der Waals surface area contributed by atoms with Crippen molar-refractivity contribution in [2.75, 3.05) is 43.4 Å². The minimum Gasteiger partial charge on any atom is -0.492 e.